The van der Waals surface area contributed by atoms with Gasteiger partial charge in [-0.1, -0.05) is 69.1 Å². The molecule has 4 amide bonds. The van der Waals surface area contributed by atoms with Crippen molar-refractivity contribution in [3.63, 3.8) is 0 Å². The van der Waals surface area contributed by atoms with Gasteiger partial charge in [0.15, 0.2) is 5.60 Å². The molecular formula is C37H45ClFN5O6. The summed E-state index contributed by atoms with van der Waals surface area (Å²) in [5.41, 5.74) is 0.678. The highest BCUT2D eigenvalue weighted by Crippen LogP contribution is 2.40. The number of hydrogen-bond donors (Lipinski definition) is 3. The Labute approximate surface area is 296 Å². The van der Waals surface area contributed by atoms with E-state index in [1.54, 1.807) is 52.0 Å². The van der Waals surface area contributed by atoms with Gasteiger partial charge in [0.2, 0.25) is 23.5 Å². The first-order valence-corrected chi connectivity index (χ1v) is 17.5. The maximum Gasteiger partial charge on any atom is 0.289 e. The molecule has 0 bridgehead atoms. The number of nitrogens with one attached hydrogen (secondary N) is 3. The van der Waals surface area contributed by atoms with E-state index in [9.17, 15) is 28.4 Å². The van der Waals surface area contributed by atoms with Gasteiger partial charge in [-0.2, -0.15) is 0 Å². The summed E-state index contributed by atoms with van der Waals surface area (Å²) in [6.07, 6.45) is 2.52. The average Bonchev–Trinajstić information content (AvgIpc) is 3.65. The predicted molar refractivity (Wildman–Crippen MR) is 186 cm³/mol. The van der Waals surface area contributed by atoms with Crippen LogP contribution < -0.4 is 16.0 Å². The molecule has 5 rings (SSSR count). The summed E-state index contributed by atoms with van der Waals surface area (Å²) in [5.74, 6) is -3.59. The summed E-state index contributed by atoms with van der Waals surface area (Å²) in [5, 5.41) is 13.1. The molecule has 0 radical (unpaired) electrons. The molecule has 0 aromatic heterocycles. The molecule has 3 N–H and O–H groups in total. The van der Waals surface area contributed by atoms with Crippen molar-refractivity contribution in [1.29, 1.82) is 0 Å². The number of rotatable bonds is 12. The summed E-state index contributed by atoms with van der Waals surface area (Å²) >= 11 is 6.23. The molecule has 268 valence electrons. The second kappa shape index (κ2) is 14.9. The first-order valence-electron chi connectivity index (χ1n) is 17.1. The molecule has 2 aliphatic heterocycles. The van der Waals surface area contributed by atoms with E-state index in [0.29, 0.717) is 22.7 Å². The minimum Gasteiger partial charge on any atom is -0.387 e. The first kappa shape index (κ1) is 36.9. The molecule has 11 nitrogen and oxygen atoms in total. The lowest BCUT2D eigenvalue weighted by Crippen LogP contribution is -2.59. The van der Waals surface area contributed by atoms with Crippen molar-refractivity contribution in [2.24, 2.45) is 10.6 Å². The van der Waals surface area contributed by atoms with Crippen molar-refractivity contribution in [3.05, 3.63) is 70.0 Å². The number of likely N-dealkylation sites (tertiary alicyclic amines) is 1. The van der Waals surface area contributed by atoms with E-state index >= 15 is 0 Å². The topological polar surface area (TPSA) is 146 Å². The molecule has 4 atom stereocenters. The Morgan fingerprint density at radius 2 is 1.84 bits per heavy atom. The molecule has 1 spiro atoms. The van der Waals surface area contributed by atoms with Crippen molar-refractivity contribution < 1.29 is 33.2 Å². The predicted octanol–water partition coefficient (Wildman–Crippen LogP) is 4.16. The standard InChI is InChI=1S/C37H45ClFN5O6/c1-6-8-27(31(46)34(48)40-26-13-14-26)41-33(47)29-19-37(18-28(43-50-37)22-9-7-10-24(38)15-22)20-44(29)35(49)32(36(3,4)5)42-30(45)17-23-16-25(39)12-11-21(23)2/h7,9-12,15-16,26-27,29,32H,6,8,13-14,17-20H2,1-5H3,(H,40,48)(H,41,47)(H,42,45)/t27-,29-,32+,37+/m0/s1. The maximum atomic E-state index is 14.6. The number of nitrogens with zero attached hydrogens (tertiary/aromatic N) is 2. The summed E-state index contributed by atoms with van der Waals surface area (Å²) in [6.45, 7) is 8.97. The molecule has 50 heavy (non-hydrogen) atoms. The zero-order valence-corrected chi connectivity index (χ0v) is 29.9. The van der Waals surface area contributed by atoms with E-state index in [1.807, 2.05) is 13.0 Å². The lowest BCUT2D eigenvalue weighted by atomic mass is 9.85. The molecule has 2 heterocycles. The lowest BCUT2D eigenvalue weighted by Gasteiger charge is -2.35. The zero-order chi connectivity index (χ0) is 36.4. The van der Waals surface area contributed by atoms with Crippen molar-refractivity contribution >= 4 is 46.7 Å². The smallest absolute Gasteiger partial charge is 0.289 e. The van der Waals surface area contributed by atoms with E-state index in [0.717, 1.165) is 24.0 Å². The van der Waals surface area contributed by atoms with E-state index in [1.165, 1.54) is 17.0 Å². The van der Waals surface area contributed by atoms with Gasteiger partial charge in [-0.05, 0) is 67.0 Å². The second-order valence-electron chi connectivity index (χ2n) is 14.8. The third kappa shape index (κ3) is 8.69. The van der Waals surface area contributed by atoms with Crippen molar-refractivity contribution in [1.82, 2.24) is 20.9 Å². The van der Waals surface area contributed by atoms with Crippen LogP contribution in [0.2, 0.25) is 5.02 Å². The fraction of sp³-hybridized carbons (Fsp3) is 0.514. The molecule has 2 aromatic carbocycles. The number of benzene rings is 2. The largest absolute Gasteiger partial charge is 0.387 e. The zero-order valence-electron chi connectivity index (χ0n) is 29.1. The van der Waals surface area contributed by atoms with Gasteiger partial charge in [0.05, 0.1) is 24.7 Å². The molecule has 13 heteroatoms. The van der Waals surface area contributed by atoms with Crippen LogP contribution in [-0.2, 0) is 35.2 Å². The molecule has 1 aliphatic carbocycles. The summed E-state index contributed by atoms with van der Waals surface area (Å²) in [7, 11) is 0. The lowest BCUT2D eigenvalue weighted by molar-refractivity contribution is -0.145. The van der Waals surface area contributed by atoms with Crippen molar-refractivity contribution in [2.75, 3.05) is 6.54 Å². The van der Waals surface area contributed by atoms with E-state index in [-0.39, 0.29) is 38.3 Å². The molecule has 0 unspecified atom stereocenters. The Hall–Kier alpha value is -4.32. The highest BCUT2D eigenvalue weighted by atomic mass is 35.5. The Kier molecular flexibility index (Phi) is 11.0. The van der Waals surface area contributed by atoms with Gasteiger partial charge in [0.1, 0.15) is 17.9 Å². The SMILES string of the molecule is CCC[C@H](NC(=O)[C@@H]1C[C@]2(CC(c3cccc(Cl)c3)=NO2)CN1C(=O)[C@@H](NC(=O)Cc1cc(F)ccc1C)C(C)(C)C)C(=O)C(=O)NC1CC1. The molecule has 2 fully saturated rings. The third-order valence-electron chi connectivity index (χ3n) is 9.41. The highest BCUT2D eigenvalue weighted by molar-refractivity contribution is 6.38. The summed E-state index contributed by atoms with van der Waals surface area (Å²) in [4.78, 5) is 75.3. The fourth-order valence-electron chi connectivity index (χ4n) is 6.45. The third-order valence-corrected chi connectivity index (χ3v) is 9.65. The van der Waals surface area contributed by atoms with Crippen LogP contribution in [0.3, 0.4) is 0 Å². The van der Waals surface area contributed by atoms with E-state index < -0.39 is 64.4 Å². The fourth-order valence-corrected chi connectivity index (χ4v) is 6.64. The number of amides is 4. The van der Waals surface area contributed by atoms with Crippen LogP contribution in [0.25, 0.3) is 0 Å². The van der Waals surface area contributed by atoms with Gasteiger partial charge in [0, 0.05) is 29.5 Å². The molecule has 3 aliphatic rings. The van der Waals surface area contributed by atoms with Gasteiger partial charge >= 0.3 is 0 Å². The second-order valence-corrected chi connectivity index (χ2v) is 15.2. The van der Waals surface area contributed by atoms with Gasteiger partial charge in [-0.15, -0.1) is 0 Å². The quantitative estimate of drug-likeness (QED) is 0.282. The molecule has 1 saturated carbocycles. The van der Waals surface area contributed by atoms with Crippen LogP contribution in [0.1, 0.15) is 82.9 Å². The number of aryl methyl sites for hydroxylation is 1. The Bertz CT molecular complexity index is 1710. The molecular weight excluding hydrogens is 665 g/mol. The minimum absolute atomic E-state index is 0.0303. The average molecular weight is 710 g/mol. The number of oxime groups is 1. The van der Waals surface area contributed by atoms with Crippen LogP contribution >= 0.6 is 11.6 Å². The number of halogens is 2. The van der Waals surface area contributed by atoms with Crippen LogP contribution in [0.15, 0.2) is 47.6 Å². The number of carbonyl (C=O) groups excluding carboxylic acids is 5. The highest BCUT2D eigenvalue weighted by Gasteiger charge is 2.55. The number of ketones is 1. The summed E-state index contributed by atoms with van der Waals surface area (Å²) in [6, 6.07) is 8.01. The summed E-state index contributed by atoms with van der Waals surface area (Å²) < 4.78 is 14.0. The van der Waals surface area contributed by atoms with Gasteiger partial charge < -0.3 is 25.7 Å². The number of hydrogen-bond acceptors (Lipinski definition) is 7. The van der Waals surface area contributed by atoms with Crippen LogP contribution in [0.4, 0.5) is 4.39 Å². The van der Waals surface area contributed by atoms with Crippen molar-refractivity contribution in [3.8, 4) is 0 Å². The number of carbonyl (C=O) groups is 5. The van der Waals surface area contributed by atoms with Gasteiger partial charge in [-0.25, -0.2) is 4.39 Å². The number of Topliss-reactive ketones (excluding diaryl/α,β-unsaturated/α-hetero) is 1. The Morgan fingerprint density at radius 1 is 1.10 bits per heavy atom. The monoisotopic (exact) mass is 709 g/mol. The first-order chi connectivity index (χ1) is 23.6. The molecule has 2 aromatic rings. The van der Waals surface area contributed by atoms with Crippen LogP contribution in [-0.4, -0.2) is 76.3 Å². The Balaban J connectivity index is 1.41. The van der Waals surface area contributed by atoms with E-state index in [4.69, 9.17) is 16.4 Å². The van der Waals surface area contributed by atoms with Gasteiger partial charge in [0.25, 0.3) is 5.91 Å². The van der Waals surface area contributed by atoms with Crippen LogP contribution in [0, 0.1) is 18.2 Å². The van der Waals surface area contributed by atoms with E-state index in [2.05, 4.69) is 21.1 Å². The Morgan fingerprint density at radius 3 is 2.50 bits per heavy atom. The molecule has 1 saturated heterocycles. The minimum atomic E-state index is -1.11. The van der Waals surface area contributed by atoms with Gasteiger partial charge in [-0.3, -0.25) is 24.0 Å². The van der Waals surface area contributed by atoms with Crippen molar-refractivity contribution in [2.45, 2.75) is 109 Å². The van der Waals surface area contributed by atoms with Crippen LogP contribution in [0.5, 0.6) is 0 Å². The normalized spacial score (nSPS) is 21.2. The maximum absolute atomic E-state index is 14.6.